The maximum atomic E-state index is 11.8. The second-order valence-corrected chi connectivity index (χ2v) is 8.58. The van der Waals surface area contributed by atoms with Crippen molar-refractivity contribution in [2.24, 2.45) is 5.92 Å². The van der Waals surface area contributed by atoms with Gasteiger partial charge >= 0.3 is 0 Å². The molecule has 1 aromatic rings. The van der Waals surface area contributed by atoms with E-state index in [0.717, 1.165) is 50.3 Å². The summed E-state index contributed by atoms with van der Waals surface area (Å²) in [5.74, 6) is 1.99. The molecule has 1 spiro atoms. The van der Waals surface area contributed by atoms with E-state index in [1.807, 2.05) is 0 Å². The Morgan fingerprint density at radius 3 is 3.00 bits per heavy atom. The van der Waals surface area contributed by atoms with Crippen molar-refractivity contribution in [1.29, 1.82) is 0 Å². The first-order valence-corrected chi connectivity index (χ1v) is 9.50. The van der Waals surface area contributed by atoms with Gasteiger partial charge in [-0.3, -0.25) is 0 Å². The largest absolute Gasteiger partial charge is 0.489 e. The Bertz CT molecular complexity index is 697. The molecule has 1 aromatic carbocycles. The third-order valence-corrected chi connectivity index (χ3v) is 7.53. The van der Waals surface area contributed by atoms with E-state index in [9.17, 15) is 5.11 Å². The molecule has 1 saturated heterocycles. The number of aliphatic hydroxyl groups is 1. The predicted molar refractivity (Wildman–Crippen MR) is 87.9 cm³/mol. The lowest BCUT2D eigenvalue weighted by Gasteiger charge is -2.60. The molecule has 0 amide bonds. The zero-order chi connectivity index (χ0) is 15.2. The summed E-state index contributed by atoms with van der Waals surface area (Å²) >= 11 is 0. The topological polar surface area (TPSA) is 41.5 Å². The van der Waals surface area contributed by atoms with Crippen LogP contribution in [0.25, 0.3) is 0 Å². The predicted octanol–water partition coefficient (Wildman–Crippen LogP) is 2.47. The molecule has 3 fully saturated rings. The van der Waals surface area contributed by atoms with Crippen molar-refractivity contribution in [3.63, 3.8) is 0 Å². The minimum atomic E-state index is -0.607. The van der Waals surface area contributed by atoms with Crippen molar-refractivity contribution >= 4 is 0 Å². The maximum absolute atomic E-state index is 11.8. The van der Waals surface area contributed by atoms with Crippen LogP contribution in [0.5, 0.6) is 5.75 Å². The fourth-order valence-corrected chi connectivity index (χ4v) is 6.35. The van der Waals surface area contributed by atoms with Gasteiger partial charge in [-0.05, 0) is 81.0 Å². The molecular weight excluding hydrogens is 286 g/mol. The standard InChI is InChI=1S/C20H25NO2/c22-20-7-1-2-17-19(20)8-9-21-16(20)11-14-13(10-12-3-4-12)5-6-15(23-17)18(14)19/h5-6,12,16-17,21-22H,1-4,7-11H2/t16-,17+,19-,20-/m1/s1. The Kier molecular flexibility index (Phi) is 2.38. The zero-order valence-electron chi connectivity index (χ0n) is 13.6. The van der Waals surface area contributed by atoms with Gasteiger partial charge in [0.15, 0.2) is 0 Å². The molecule has 3 nitrogen and oxygen atoms in total. The average Bonchev–Trinajstić information content (AvgIpc) is 3.27. The number of piperidine rings is 1. The van der Waals surface area contributed by atoms with E-state index >= 15 is 0 Å². The molecule has 0 unspecified atom stereocenters. The molecule has 23 heavy (non-hydrogen) atoms. The van der Waals surface area contributed by atoms with E-state index in [-0.39, 0.29) is 17.6 Å². The van der Waals surface area contributed by atoms with Gasteiger partial charge in [-0.2, -0.15) is 0 Å². The van der Waals surface area contributed by atoms with Crippen LogP contribution in [0.1, 0.15) is 55.2 Å². The molecule has 3 heteroatoms. The quantitative estimate of drug-likeness (QED) is 0.881. The first kappa shape index (κ1) is 13.3. The summed E-state index contributed by atoms with van der Waals surface area (Å²) in [5, 5.41) is 15.4. The van der Waals surface area contributed by atoms with Crippen LogP contribution in [-0.4, -0.2) is 29.4 Å². The van der Waals surface area contributed by atoms with E-state index in [4.69, 9.17) is 4.74 Å². The van der Waals surface area contributed by atoms with Crippen LogP contribution in [0, 0.1) is 5.92 Å². The van der Waals surface area contributed by atoms with Crippen LogP contribution >= 0.6 is 0 Å². The Balaban J connectivity index is 1.61. The summed E-state index contributed by atoms with van der Waals surface area (Å²) in [7, 11) is 0. The van der Waals surface area contributed by atoms with Crippen LogP contribution in [0.3, 0.4) is 0 Å². The lowest BCUT2D eigenvalue weighted by molar-refractivity contribution is -0.149. The summed E-state index contributed by atoms with van der Waals surface area (Å²) < 4.78 is 6.43. The second kappa shape index (κ2) is 4.12. The first-order chi connectivity index (χ1) is 11.2. The Hall–Kier alpha value is -1.06. The van der Waals surface area contributed by atoms with Crippen molar-refractivity contribution in [2.45, 2.75) is 74.5 Å². The number of benzene rings is 1. The van der Waals surface area contributed by atoms with Gasteiger partial charge < -0.3 is 15.2 Å². The van der Waals surface area contributed by atoms with Gasteiger partial charge in [0.25, 0.3) is 0 Å². The fourth-order valence-electron chi connectivity index (χ4n) is 6.35. The molecule has 2 heterocycles. The van der Waals surface area contributed by atoms with Crippen LogP contribution in [0.4, 0.5) is 0 Å². The average molecular weight is 311 g/mol. The van der Waals surface area contributed by atoms with E-state index in [1.54, 1.807) is 0 Å². The summed E-state index contributed by atoms with van der Waals surface area (Å²) in [6, 6.07) is 4.74. The summed E-state index contributed by atoms with van der Waals surface area (Å²) in [6.07, 6.45) is 9.33. The molecule has 2 saturated carbocycles. The molecular formula is C20H25NO2. The number of nitrogens with one attached hydrogen (secondary N) is 1. The highest BCUT2D eigenvalue weighted by Gasteiger charge is 2.69. The van der Waals surface area contributed by atoms with Gasteiger partial charge in [-0.1, -0.05) is 6.07 Å². The van der Waals surface area contributed by atoms with Crippen molar-refractivity contribution in [3.05, 3.63) is 28.8 Å². The first-order valence-electron chi connectivity index (χ1n) is 9.50. The van der Waals surface area contributed by atoms with Gasteiger partial charge in [0.2, 0.25) is 0 Å². The maximum Gasteiger partial charge on any atom is 0.124 e. The van der Waals surface area contributed by atoms with Crippen LogP contribution in [-0.2, 0) is 18.3 Å². The number of hydrogen-bond acceptors (Lipinski definition) is 3. The second-order valence-electron chi connectivity index (χ2n) is 8.58. The third kappa shape index (κ3) is 1.45. The number of rotatable bonds is 2. The minimum Gasteiger partial charge on any atom is -0.489 e. The SMILES string of the molecule is O[C@@]12CCC[C@@H]3Oc4ccc(CC5CC5)c5c4[C@@]31CCN[C@@H]2C5. The molecule has 3 aliphatic carbocycles. The molecule has 0 radical (unpaired) electrons. The Labute approximate surface area is 137 Å². The molecule has 2 N–H and O–H groups in total. The third-order valence-electron chi connectivity index (χ3n) is 7.53. The Morgan fingerprint density at radius 1 is 1.22 bits per heavy atom. The smallest absolute Gasteiger partial charge is 0.124 e. The highest BCUT2D eigenvalue weighted by atomic mass is 16.5. The molecule has 5 aliphatic rings. The highest BCUT2D eigenvalue weighted by molar-refractivity contribution is 5.59. The van der Waals surface area contributed by atoms with Crippen molar-refractivity contribution in [3.8, 4) is 5.75 Å². The lowest BCUT2D eigenvalue weighted by Crippen LogP contribution is -2.74. The summed E-state index contributed by atoms with van der Waals surface area (Å²) in [4.78, 5) is 0. The van der Waals surface area contributed by atoms with E-state index in [2.05, 4.69) is 17.4 Å². The molecule has 2 bridgehead atoms. The monoisotopic (exact) mass is 311 g/mol. The van der Waals surface area contributed by atoms with Crippen molar-refractivity contribution < 1.29 is 9.84 Å². The minimum absolute atomic E-state index is 0.135. The lowest BCUT2D eigenvalue weighted by atomic mass is 9.49. The van der Waals surface area contributed by atoms with Gasteiger partial charge in [0.05, 0.1) is 11.0 Å². The van der Waals surface area contributed by atoms with Crippen molar-refractivity contribution in [1.82, 2.24) is 5.32 Å². The van der Waals surface area contributed by atoms with E-state index < -0.39 is 5.60 Å². The van der Waals surface area contributed by atoms with Gasteiger partial charge in [0.1, 0.15) is 11.9 Å². The summed E-state index contributed by atoms with van der Waals surface area (Å²) in [6.45, 7) is 1.01. The van der Waals surface area contributed by atoms with Gasteiger partial charge in [-0.15, -0.1) is 0 Å². The molecule has 122 valence electrons. The van der Waals surface area contributed by atoms with Crippen molar-refractivity contribution in [2.75, 3.05) is 6.54 Å². The summed E-state index contributed by atoms with van der Waals surface area (Å²) in [5.41, 5.74) is 3.74. The fraction of sp³-hybridized carbons (Fsp3) is 0.700. The molecule has 6 rings (SSSR count). The van der Waals surface area contributed by atoms with Gasteiger partial charge in [0, 0.05) is 11.6 Å². The van der Waals surface area contributed by atoms with Crippen LogP contribution in [0.15, 0.2) is 12.1 Å². The number of ether oxygens (including phenoxy) is 1. The Morgan fingerprint density at radius 2 is 2.13 bits per heavy atom. The van der Waals surface area contributed by atoms with E-state index in [1.165, 1.54) is 36.0 Å². The molecule has 0 aromatic heterocycles. The normalized spacial score (nSPS) is 43.0. The molecule has 2 aliphatic heterocycles. The van der Waals surface area contributed by atoms with E-state index in [0.29, 0.717) is 0 Å². The van der Waals surface area contributed by atoms with Gasteiger partial charge in [-0.25, -0.2) is 0 Å². The van der Waals surface area contributed by atoms with Crippen LogP contribution in [0.2, 0.25) is 0 Å². The zero-order valence-corrected chi connectivity index (χ0v) is 13.6. The highest BCUT2D eigenvalue weighted by Crippen LogP contribution is 2.63. The molecule has 4 atom stereocenters. The van der Waals surface area contributed by atoms with Crippen LogP contribution < -0.4 is 10.1 Å². The number of hydrogen-bond donors (Lipinski definition) is 2.